The van der Waals surface area contributed by atoms with Crippen LogP contribution in [0, 0.1) is 0 Å². The summed E-state index contributed by atoms with van der Waals surface area (Å²) in [6.07, 6.45) is 34.2. The van der Waals surface area contributed by atoms with Gasteiger partial charge in [-0.05, 0) is 6.42 Å². The molecule has 0 aliphatic carbocycles. The SMILES string of the molecule is CCCCCCCCCCCCCCCCCCCCCCCCN1C=NCC1. The fraction of sp³-hybridized carbons (Fsp3) is 0.963. The summed E-state index contributed by atoms with van der Waals surface area (Å²) in [4.78, 5) is 6.64. The van der Waals surface area contributed by atoms with Gasteiger partial charge in [-0.2, -0.15) is 0 Å². The molecule has 2 nitrogen and oxygen atoms in total. The second kappa shape index (κ2) is 22.2. The van der Waals surface area contributed by atoms with Crippen LogP contribution in [-0.4, -0.2) is 30.9 Å². The van der Waals surface area contributed by atoms with Crippen molar-refractivity contribution in [2.45, 2.75) is 148 Å². The number of unbranched alkanes of at least 4 members (excludes halogenated alkanes) is 21. The fourth-order valence-corrected chi connectivity index (χ4v) is 4.51. The molecule has 0 aromatic carbocycles. The standard InChI is InChI=1S/C27H54N2/c1-2-3-4-5-6-7-8-9-10-11-12-13-14-15-16-17-18-19-20-21-22-23-25-29-26-24-28-27-29/h27H,2-26H2,1H3. The van der Waals surface area contributed by atoms with Crippen LogP contribution in [-0.2, 0) is 0 Å². The molecule has 0 amide bonds. The molecular formula is C27H54N2. The molecule has 1 rings (SSSR count). The van der Waals surface area contributed by atoms with Crippen molar-refractivity contribution in [1.82, 2.24) is 4.90 Å². The first-order valence-electron chi connectivity index (χ1n) is 13.7. The highest BCUT2D eigenvalue weighted by Crippen LogP contribution is 2.15. The van der Waals surface area contributed by atoms with Crippen LogP contribution in [0.1, 0.15) is 148 Å². The van der Waals surface area contributed by atoms with Gasteiger partial charge in [0.05, 0.1) is 12.9 Å². The Labute approximate surface area is 184 Å². The summed E-state index contributed by atoms with van der Waals surface area (Å²) in [5, 5.41) is 0. The van der Waals surface area contributed by atoms with Crippen molar-refractivity contribution < 1.29 is 0 Å². The molecule has 1 heterocycles. The molecular weight excluding hydrogens is 352 g/mol. The Hall–Kier alpha value is -0.530. The van der Waals surface area contributed by atoms with Gasteiger partial charge in [-0.1, -0.05) is 142 Å². The number of hydrogen-bond donors (Lipinski definition) is 0. The topological polar surface area (TPSA) is 15.6 Å². The second-order valence-corrected chi connectivity index (χ2v) is 9.48. The third kappa shape index (κ3) is 19.2. The summed E-state index contributed by atoms with van der Waals surface area (Å²) in [5.41, 5.74) is 0. The van der Waals surface area contributed by atoms with E-state index in [1.807, 2.05) is 6.34 Å². The zero-order chi connectivity index (χ0) is 20.7. The van der Waals surface area contributed by atoms with E-state index in [0.29, 0.717) is 0 Å². The Morgan fingerprint density at radius 3 is 1.17 bits per heavy atom. The van der Waals surface area contributed by atoms with Crippen molar-refractivity contribution in [3.05, 3.63) is 0 Å². The lowest BCUT2D eigenvalue weighted by atomic mass is 10.0. The molecule has 0 atom stereocenters. The zero-order valence-electron chi connectivity index (χ0n) is 20.1. The average Bonchev–Trinajstić information content (AvgIpc) is 3.25. The Kier molecular flexibility index (Phi) is 20.3. The van der Waals surface area contributed by atoms with Crippen LogP contribution in [0.4, 0.5) is 0 Å². The van der Waals surface area contributed by atoms with Gasteiger partial charge in [-0.15, -0.1) is 0 Å². The molecule has 1 aliphatic rings. The third-order valence-corrected chi connectivity index (χ3v) is 6.56. The molecule has 1 aliphatic heterocycles. The van der Waals surface area contributed by atoms with E-state index in [4.69, 9.17) is 0 Å². The molecule has 0 saturated heterocycles. The van der Waals surface area contributed by atoms with Crippen molar-refractivity contribution in [2.24, 2.45) is 4.99 Å². The van der Waals surface area contributed by atoms with Crippen molar-refractivity contribution in [3.63, 3.8) is 0 Å². The monoisotopic (exact) mass is 406 g/mol. The summed E-state index contributed by atoms with van der Waals surface area (Å²) in [5.74, 6) is 0. The first-order chi connectivity index (χ1) is 14.4. The summed E-state index contributed by atoms with van der Waals surface area (Å²) in [6.45, 7) is 5.69. The summed E-state index contributed by atoms with van der Waals surface area (Å²) in [7, 11) is 0. The lowest BCUT2D eigenvalue weighted by Gasteiger charge is -2.12. The largest absolute Gasteiger partial charge is 0.361 e. The molecule has 0 saturated carbocycles. The lowest BCUT2D eigenvalue weighted by Crippen LogP contribution is -2.20. The molecule has 2 heteroatoms. The van der Waals surface area contributed by atoms with Crippen molar-refractivity contribution in [2.75, 3.05) is 19.6 Å². The van der Waals surface area contributed by atoms with E-state index in [1.165, 1.54) is 148 Å². The molecule has 0 radical (unpaired) electrons. The van der Waals surface area contributed by atoms with Gasteiger partial charge in [0.25, 0.3) is 0 Å². The maximum absolute atomic E-state index is 4.27. The van der Waals surface area contributed by atoms with Gasteiger partial charge in [-0.25, -0.2) is 0 Å². The number of rotatable bonds is 23. The zero-order valence-corrected chi connectivity index (χ0v) is 20.1. The Bertz CT molecular complexity index is 339. The van der Waals surface area contributed by atoms with Gasteiger partial charge in [0.15, 0.2) is 0 Å². The molecule has 172 valence electrons. The minimum Gasteiger partial charge on any atom is -0.361 e. The first-order valence-corrected chi connectivity index (χ1v) is 13.7. The van der Waals surface area contributed by atoms with Crippen LogP contribution in [0.2, 0.25) is 0 Å². The number of aliphatic imine (C=N–C) groups is 1. The molecule has 29 heavy (non-hydrogen) atoms. The van der Waals surface area contributed by atoms with Crippen molar-refractivity contribution >= 4 is 6.34 Å². The molecule has 0 unspecified atom stereocenters. The Balaban J connectivity index is 1.62. The molecule has 0 N–H and O–H groups in total. The lowest BCUT2D eigenvalue weighted by molar-refractivity contribution is 0.438. The van der Waals surface area contributed by atoms with Gasteiger partial charge >= 0.3 is 0 Å². The Morgan fingerprint density at radius 2 is 0.862 bits per heavy atom. The normalized spacial score (nSPS) is 13.6. The van der Waals surface area contributed by atoms with E-state index >= 15 is 0 Å². The van der Waals surface area contributed by atoms with Crippen LogP contribution in [0.25, 0.3) is 0 Å². The average molecular weight is 407 g/mol. The highest BCUT2D eigenvalue weighted by atomic mass is 15.2. The molecule has 0 aromatic rings. The van der Waals surface area contributed by atoms with E-state index in [2.05, 4.69) is 16.8 Å². The summed E-state index contributed by atoms with van der Waals surface area (Å²) < 4.78 is 0. The van der Waals surface area contributed by atoms with E-state index < -0.39 is 0 Å². The summed E-state index contributed by atoms with van der Waals surface area (Å²) in [6, 6.07) is 0. The van der Waals surface area contributed by atoms with Gasteiger partial charge in [0.2, 0.25) is 0 Å². The molecule has 0 fully saturated rings. The predicted molar refractivity (Wildman–Crippen MR) is 132 cm³/mol. The maximum atomic E-state index is 4.27. The highest BCUT2D eigenvalue weighted by Gasteiger charge is 2.03. The number of hydrogen-bond acceptors (Lipinski definition) is 2. The van der Waals surface area contributed by atoms with E-state index in [0.717, 1.165) is 13.1 Å². The van der Waals surface area contributed by atoms with Gasteiger partial charge in [0, 0.05) is 13.1 Å². The van der Waals surface area contributed by atoms with Crippen LogP contribution < -0.4 is 0 Å². The van der Waals surface area contributed by atoms with Crippen molar-refractivity contribution in [3.8, 4) is 0 Å². The van der Waals surface area contributed by atoms with Gasteiger partial charge in [0.1, 0.15) is 0 Å². The Morgan fingerprint density at radius 1 is 0.517 bits per heavy atom. The minimum absolute atomic E-state index is 1.01. The van der Waals surface area contributed by atoms with Crippen molar-refractivity contribution in [1.29, 1.82) is 0 Å². The molecule has 0 spiro atoms. The van der Waals surface area contributed by atoms with Crippen LogP contribution in [0.3, 0.4) is 0 Å². The van der Waals surface area contributed by atoms with Gasteiger partial charge in [-0.3, -0.25) is 4.99 Å². The van der Waals surface area contributed by atoms with Gasteiger partial charge < -0.3 is 4.90 Å². The minimum atomic E-state index is 1.01. The van der Waals surface area contributed by atoms with Crippen LogP contribution in [0.5, 0.6) is 0 Å². The van der Waals surface area contributed by atoms with Crippen LogP contribution in [0.15, 0.2) is 4.99 Å². The predicted octanol–water partition coefficient (Wildman–Crippen LogP) is 8.93. The highest BCUT2D eigenvalue weighted by molar-refractivity contribution is 5.56. The fourth-order valence-electron chi connectivity index (χ4n) is 4.51. The van der Waals surface area contributed by atoms with E-state index in [9.17, 15) is 0 Å². The smallest absolute Gasteiger partial charge is 0.0851 e. The summed E-state index contributed by atoms with van der Waals surface area (Å²) >= 11 is 0. The third-order valence-electron chi connectivity index (χ3n) is 6.56. The second-order valence-electron chi connectivity index (χ2n) is 9.48. The number of nitrogens with zero attached hydrogens (tertiary/aromatic N) is 2. The molecule has 0 bridgehead atoms. The molecule has 0 aromatic heterocycles. The van der Waals surface area contributed by atoms with E-state index in [-0.39, 0.29) is 0 Å². The van der Waals surface area contributed by atoms with Crippen LogP contribution >= 0.6 is 0 Å². The quantitative estimate of drug-likeness (QED) is 0.155. The maximum Gasteiger partial charge on any atom is 0.0851 e. The van der Waals surface area contributed by atoms with E-state index in [1.54, 1.807) is 0 Å². The first kappa shape index (κ1) is 26.5.